The molecule has 2 rings (SSSR count). The largest absolute Gasteiger partial charge is 0.385 e. The lowest BCUT2D eigenvalue weighted by molar-refractivity contribution is -0.122. The fourth-order valence-corrected chi connectivity index (χ4v) is 3.48. The maximum absolute atomic E-state index is 13.1. The molecular weight excluding hydrogens is 336 g/mol. The van der Waals surface area contributed by atoms with Gasteiger partial charge in [-0.2, -0.15) is 0 Å². The molecule has 0 aromatic carbocycles. The van der Waals surface area contributed by atoms with Crippen molar-refractivity contribution in [3.8, 4) is 0 Å². The van der Waals surface area contributed by atoms with Gasteiger partial charge in [-0.05, 0) is 25.2 Å². The maximum Gasteiger partial charge on any atom is 0.330 e. The van der Waals surface area contributed by atoms with Gasteiger partial charge in [0, 0.05) is 32.7 Å². The molecule has 0 saturated heterocycles. The van der Waals surface area contributed by atoms with Gasteiger partial charge in [0.2, 0.25) is 5.91 Å². The molecule has 3 N–H and O–H groups in total. The van der Waals surface area contributed by atoms with Crippen molar-refractivity contribution in [3.63, 3.8) is 0 Å². The van der Waals surface area contributed by atoms with Gasteiger partial charge in [-0.1, -0.05) is 26.7 Å². The number of ether oxygens (including phenoxy) is 1. The maximum atomic E-state index is 13.1. The van der Waals surface area contributed by atoms with Crippen LogP contribution >= 0.6 is 0 Å². The van der Waals surface area contributed by atoms with E-state index in [9.17, 15) is 14.4 Å². The highest BCUT2D eigenvalue weighted by atomic mass is 16.5. The molecule has 26 heavy (non-hydrogen) atoms. The van der Waals surface area contributed by atoms with E-state index in [1.165, 1.54) is 9.47 Å². The van der Waals surface area contributed by atoms with Crippen LogP contribution in [-0.2, 0) is 16.1 Å². The third kappa shape index (κ3) is 4.55. The van der Waals surface area contributed by atoms with E-state index in [1.54, 1.807) is 7.11 Å². The molecule has 1 aliphatic carbocycles. The summed E-state index contributed by atoms with van der Waals surface area (Å²) < 4.78 is 6.42. The number of methoxy groups -OCH3 is 1. The number of nitrogens with two attached hydrogens (primary N) is 1. The standard InChI is InChI=1S/C18H30N4O4/c1-12(2)11-22-15(19)14(16(23)20-18(22)25)21(9-6-10-26-3)17(24)13-7-4-5-8-13/h12-13H,4-11,19H2,1-3H3,(H,20,23,25). The monoisotopic (exact) mass is 366 g/mol. The first kappa shape index (κ1) is 20.2. The Labute approximate surface area is 153 Å². The van der Waals surface area contributed by atoms with Crippen LogP contribution in [0.2, 0.25) is 0 Å². The zero-order chi connectivity index (χ0) is 19.3. The summed E-state index contributed by atoms with van der Waals surface area (Å²) in [6, 6.07) is 0. The lowest BCUT2D eigenvalue weighted by Gasteiger charge is -2.27. The highest BCUT2D eigenvalue weighted by Gasteiger charge is 2.31. The molecule has 1 aromatic heterocycles. The van der Waals surface area contributed by atoms with Crippen LogP contribution in [0, 0.1) is 11.8 Å². The molecule has 1 heterocycles. The van der Waals surface area contributed by atoms with E-state index in [4.69, 9.17) is 10.5 Å². The first-order chi connectivity index (χ1) is 12.4. The van der Waals surface area contributed by atoms with Crippen LogP contribution in [-0.4, -0.2) is 35.7 Å². The second-order valence-electron chi connectivity index (χ2n) is 7.32. The molecule has 1 saturated carbocycles. The summed E-state index contributed by atoms with van der Waals surface area (Å²) in [6.07, 6.45) is 4.26. The normalized spacial score (nSPS) is 14.9. The minimum atomic E-state index is -0.615. The quantitative estimate of drug-likeness (QED) is 0.675. The van der Waals surface area contributed by atoms with Gasteiger partial charge in [-0.25, -0.2) is 4.79 Å². The second-order valence-corrected chi connectivity index (χ2v) is 7.32. The Morgan fingerprint density at radius 3 is 2.58 bits per heavy atom. The minimum absolute atomic E-state index is 0.0520. The lowest BCUT2D eigenvalue weighted by Crippen LogP contribution is -2.44. The molecule has 0 bridgehead atoms. The third-order valence-electron chi connectivity index (χ3n) is 4.73. The number of anilines is 2. The van der Waals surface area contributed by atoms with Crippen molar-refractivity contribution < 1.29 is 9.53 Å². The number of carbonyl (C=O) groups is 1. The van der Waals surface area contributed by atoms with Gasteiger partial charge >= 0.3 is 5.69 Å². The number of amides is 1. The minimum Gasteiger partial charge on any atom is -0.385 e. The molecule has 8 heteroatoms. The van der Waals surface area contributed by atoms with Crippen molar-refractivity contribution in [1.82, 2.24) is 9.55 Å². The van der Waals surface area contributed by atoms with Gasteiger partial charge in [-0.3, -0.25) is 19.1 Å². The molecule has 0 atom stereocenters. The fourth-order valence-electron chi connectivity index (χ4n) is 3.48. The second kappa shape index (κ2) is 9.02. The Morgan fingerprint density at radius 2 is 2.00 bits per heavy atom. The number of rotatable bonds is 8. The van der Waals surface area contributed by atoms with Crippen LogP contribution in [0.1, 0.15) is 46.0 Å². The molecule has 0 unspecified atom stereocenters. The van der Waals surface area contributed by atoms with Gasteiger partial charge in [0.05, 0.1) is 0 Å². The molecule has 1 aliphatic rings. The molecule has 1 aromatic rings. The topological polar surface area (TPSA) is 110 Å². The Morgan fingerprint density at radius 1 is 1.35 bits per heavy atom. The average molecular weight is 366 g/mol. The summed E-state index contributed by atoms with van der Waals surface area (Å²) >= 11 is 0. The molecule has 0 radical (unpaired) electrons. The van der Waals surface area contributed by atoms with Gasteiger partial charge < -0.3 is 15.4 Å². The zero-order valence-corrected chi connectivity index (χ0v) is 15.9. The molecular formula is C18H30N4O4. The molecule has 0 aliphatic heterocycles. The Balaban J connectivity index is 2.46. The van der Waals surface area contributed by atoms with E-state index in [0.717, 1.165) is 25.7 Å². The van der Waals surface area contributed by atoms with Crippen molar-refractivity contribution >= 4 is 17.4 Å². The third-order valence-corrected chi connectivity index (χ3v) is 4.73. The van der Waals surface area contributed by atoms with Crippen LogP contribution in [0.25, 0.3) is 0 Å². The summed E-state index contributed by atoms with van der Waals surface area (Å²) in [4.78, 5) is 41.5. The van der Waals surface area contributed by atoms with E-state index < -0.39 is 11.2 Å². The smallest absolute Gasteiger partial charge is 0.330 e. The van der Waals surface area contributed by atoms with Gasteiger partial charge in [0.25, 0.3) is 5.56 Å². The van der Waals surface area contributed by atoms with Gasteiger partial charge in [0.15, 0.2) is 5.69 Å². The molecule has 1 amide bonds. The number of hydrogen-bond acceptors (Lipinski definition) is 5. The number of H-pyrrole nitrogens is 1. The summed E-state index contributed by atoms with van der Waals surface area (Å²) in [5, 5.41) is 0. The van der Waals surface area contributed by atoms with Crippen molar-refractivity contribution in [2.75, 3.05) is 30.9 Å². The van der Waals surface area contributed by atoms with Crippen molar-refractivity contribution in [3.05, 3.63) is 20.8 Å². The number of hydrogen-bond donors (Lipinski definition) is 2. The highest BCUT2D eigenvalue weighted by Crippen LogP contribution is 2.29. The number of nitrogens with zero attached hydrogens (tertiary/aromatic N) is 2. The Kier molecular flexibility index (Phi) is 7.02. The fraction of sp³-hybridized carbons (Fsp3) is 0.722. The van der Waals surface area contributed by atoms with Crippen LogP contribution in [0.4, 0.5) is 11.5 Å². The van der Waals surface area contributed by atoms with Crippen LogP contribution < -0.4 is 21.9 Å². The van der Waals surface area contributed by atoms with E-state index in [1.807, 2.05) is 13.8 Å². The van der Waals surface area contributed by atoms with E-state index >= 15 is 0 Å². The highest BCUT2D eigenvalue weighted by molar-refractivity contribution is 5.97. The molecule has 8 nitrogen and oxygen atoms in total. The number of carbonyl (C=O) groups excluding carboxylic acids is 1. The molecule has 1 fully saturated rings. The Hall–Kier alpha value is -2.09. The van der Waals surface area contributed by atoms with Crippen molar-refractivity contribution in [2.45, 2.75) is 52.5 Å². The van der Waals surface area contributed by atoms with Gasteiger partial charge in [-0.15, -0.1) is 0 Å². The van der Waals surface area contributed by atoms with Gasteiger partial charge in [0.1, 0.15) is 5.82 Å². The molecule has 0 spiro atoms. The molecule has 146 valence electrons. The lowest BCUT2D eigenvalue weighted by atomic mass is 10.1. The zero-order valence-electron chi connectivity index (χ0n) is 15.9. The van der Waals surface area contributed by atoms with Crippen molar-refractivity contribution in [2.24, 2.45) is 11.8 Å². The summed E-state index contributed by atoms with van der Waals surface area (Å²) in [6.45, 7) is 5.08. The van der Waals surface area contributed by atoms with Crippen LogP contribution in [0.15, 0.2) is 9.59 Å². The Bertz CT molecular complexity index is 732. The first-order valence-electron chi connectivity index (χ1n) is 9.29. The predicted molar refractivity (Wildman–Crippen MR) is 101 cm³/mol. The summed E-state index contributed by atoms with van der Waals surface area (Å²) in [5.41, 5.74) is 5.11. The summed E-state index contributed by atoms with van der Waals surface area (Å²) in [7, 11) is 1.59. The van der Waals surface area contributed by atoms with Crippen molar-refractivity contribution in [1.29, 1.82) is 0 Å². The van der Waals surface area contributed by atoms with Crippen LogP contribution in [0.3, 0.4) is 0 Å². The summed E-state index contributed by atoms with van der Waals surface area (Å²) in [5.74, 6) is 0.0322. The van der Waals surface area contributed by atoms with E-state index in [2.05, 4.69) is 4.98 Å². The predicted octanol–water partition coefficient (Wildman–Crippen LogP) is 1.33. The number of nitrogen functional groups attached to an aromatic ring is 1. The SMILES string of the molecule is COCCCN(C(=O)C1CCCC1)c1c(N)n(CC(C)C)c(=O)[nH]c1=O. The van der Waals surface area contributed by atoms with E-state index in [0.29, 0.717) is 26.1 Å². The number of aromatic nitrogens is 2. The van der Waals surface area contributed by atoms with Crippen LogP contribution in [0.5, 0.6) is 0 Å². The average Bonchev–Trinajstić information content (AvgIpc) is 3.11. The number of nitrogens with one attached hydrogen (secondary N) is 1. The number of aromatic amines is 1. The first-order valence-corrected chi connectivity index (χ1v) is 9.29. The van der Waals surface area contributed by atoms with E-state index in [-0.39, 0.29) is 29.2 Å².